The number of halogens is 1. The summed E-state index contributed by atoms with van der Waals surface area (Å²) in [5.41, 5.74) is 2.14. The summed E-state index contributed by atoms with van der Waals surface area (Å²) < 4.78 is 0. The molecule has 0 amide bonds. The van der Waals surface area contributed by atoms with E-state index >= 15 is 0 Å². The number of hydrogen-bond donors (Lipinski definition) is 1. The topological polar surface area (TPSA) is 37.8 Å². The summed E-state index contributed by atoms with van der Waals surface area (Å²) in [5, 5.41) is 3.79. The van der Waals surface area contributed by atoms with Gasteiger partial charge in [-0.1, -0.05) is 13.8 Å². The molecule has 1 aliphatic carbocycles. The molecular formula is C15H24ClN3. The zero-order valence-corrected chi connectivity index (χ0v) is 12.9. The van der Waals surface area contributed by atoms with Crippen LogP contribution in [0.1, 0.15) is 56.8 Å². The van der Waals surface area contributed by atoms with Crippen LogP contribution in [0.4, 0.5) is 5.95 Å². The number of alkyl halides is 1. The van der Waals surface area contributed by atoms with Crippen molar-refractivity contribution in [3.05, 3.63) is 17.5 Å². The van der Waals surface area contributed by atoms with Crippen LogP contribution in [0.5, 0.6) is 0 Å². The minimum Gasteiger partial charge on any atom is -0.354 e. The summed E-state index contributed by atoms with van der Waals surface area (Å²) >= 11 is 6.13. The summed E-state index contributed by atoms with van der Waals surface area (Å²) in [7, 11) is 0. The maximum absolute atomic E-state index is 6.13. The molecule has 0 radical (unpaired) electrons. The Balaban J connectivity index is 1.92. The van der Waals surface area contributed by atoms with Crippen LogP contribution >= 0.6 is 11.6 Å². The summed E-state index contributed by atoms with van der Waals surface area (Å²) in [6, 6.07) is 2.06. The van der Waals surface area contributed by atoms with Crippen molar-refractivity contribution >= 4 is 17.5 Å². The maximum atomic E-state index is 6.13. The SMILES string of the molecule is Cc1cc(C(C)C)nc(NCC2CCC(Cl)CC2)n1. The van der Waals surface area contributed by atoms with Gasteiger partial charge in [-0.15, -0.1) is 11.6 Å². The molecule has 1 heterocycles. The molecule has 1 aromatic heterocycles. The molecular weight excluding hydrogens is 258 g/mol. The first kappa shape index (κ1) is 14.6. The lowest BCUT2D eigenvalue weighted by Crippen LogP contribution is -2.22. The largest absolute Gasteiger partial charge is 0.354 e. The Hall–Kier alpha value is -0.830. The monoisotopic (exact) mass is 281 g/mol. The van der Waals surface area contributed by atoms with Gasteiger partial charge in [-0.25, -0.2) is 9.97 Å². The fourth-order valence-electron chi connectivity index (χ4n) is 2.53. The normalized spacial score (nSPS) is 23.6. The molecule has 0 aliphatic heterocycles. The molecule has 0 atom stereocenters. The van der Waals surface area contributed by atoms with Crippen LogP contribution in [0.2, 0.25) is 0 Å². The van der Waals surface area contributed by atoms with E-state index in [1.165, 1.54) is 12.8 Å². The molecule has 19 heavy (non-hydrogen) atoms. The third-order valence-electron chi connectivity index (χ3n) is 3.79. The van der Waals surface area contributed by atoms with Crippen LogP contribution in [-0.2, 0) is 0 Å². The van der Waals surface area contributed by atoms with E-state index in [9.17, 15) is 0 Å². The van der Waals surface area contributed by atoms with E-state index in [1.807, 2.05) is 6.92 Å². The Morgan fingerprint density at radius 1 is 1.26 bits per heavy atom. The average Bonchev–Trinajstić information content (AvgIpc) is 2.37. The highest BCUT2D eigenvalue weighted by atomic mass is 35.5. The summed E-state index contributed by atoms with van der Waals surface area (Å²) in [6.07, 6.45) is 4.70. The fraction of sp³-hybridized carbons (Fsp3) is 0.733. The van der Waals surface area contributed by atoms with Crippen LogP contribution in [-0.4, -0.2) is 21.9 Å². The lowest BCUT2D eigenvalue weighted by atomic mass is 9.89. The summed E-state index contributed by atoms with van der Waals surface area (Å²) in [4.78, 5) is 9.05. The molecule has 106 valence electrons. The van der Waals surface area contributed by atoms with Crippen molar-refractivity contribution in [2.24, 2.45) is 5.92 Å². The van der Waals surface area contributed by atoms with Gasteiger partial charge in [-0.05, 0) is 50.5 Å². The van der Waals surface area contributed by atoms with E-state index in [4.69, 9.17) is 11.6 Å². The molecule has 2 rings (SSSR count). The molecule has 1 saturated carbocycles. The van der Waals surface area contributed by atoms with Gasteiger partial charge < -0.3 is 5.32 Å². The number of aryl methyl sites for hydroxylation is 1. The van der Waals surface area contributed by atoms with E-state index in [-0.39, 0.29) is 0 Å². The lowest BCUT2D eigenvalue weighted by Gasteiger charge is -2.25. The molecule has 3 nitrogen and oxygen atoms in total. The molecule has 1 aromatic rings. The molecule has 0 spiro atoms. The van der Waals surface area contributed by atoms with Gasteiger partial charge in [-0.2, -0.15) is 0 Å². The maximum Gasteiger partial charge on any atom is 0.223 e. The van der Waals surface area contributed by atoms with E-state index in [1.54, 1.807) is 0 Å². The molecule has 0 aromatic carbocycles. The molecule has 1 N–H and O–H groups in total. The van der Waals surface area contributed by atoms with Crippen molar-refractivity contribution in [2.45, 2.75) is 57.7 Å². The van der Waals surface area contributed by atoms with E-state index in [0.29, 0.717) is 17.2 Å². The Morgan fingerprint density at radius 2 is 1.95 bits per heavy atom. The molecule has 0 saturated heterocycles. The van der Waals surface area contributed by atoms with E-state index in [0.717, 1.165) is 36.7 Å². The van der Waals surface area contributed by atoms with Crippen LogP contribution in [0.3, 0.4) is 0 Å². The van der Waals surface area contributed by atoms with Gasteiger partial charge in [0.1, 0.15) is 0 Å². The van der Waals surface area contributed by atoms with Crippen LogP contribution in [0, 0.1) is 12.8 Å². The molecule has 0 bridgehead atoms. The number of rotatable bonds is 4. The van der Waals surface area contributed by atoms with Gasteiger partial charge in [0.15, 0.2) is 0 Å². The van der Waals surface area contributed by atoms with Crippen LogP contribution in [0.25, 0.3) is 0 Å². The standard InChI is InChI=1S/C15H24ClN3/c1-10(2)14-8-11(3)18-15(19-14)17-9-12-4-6-13(16)7-5-12/h8,10,12-13H,4-7,9H2,1-3H3,(H,17,18,19). The second kappa shape index (κ2) is 6.56. The minimum absolute atomic E-state index is 0.388. The van der Waals surface area contributed by atoms with Gasteiger partial charge in [0, 0.05) is 23.3 Å². The Bertz CT molecular complexity index is 412. The van der Waals surface area contributed by atoms with Gasteiger partial charge in [0.2, 0.25) is 5.95 Å². The number of nitrogens with zero attached hydrogens (tertiary/aromatic N) is 2. The zero-order valence-electron chi connectivity index (χ0n) is 12.1. The average molecular weight is 282 g/mol. The predicted octanol–water partition coefficient (Wildman–Crippen LogP) is 4.12. The van der Waals surface area contributed by atoms with Crippen LogP contribution < -0.4 is 5.32 Å². The summed E-state index contributed by atoms with van der Waals surface area (Å²) in [6.45, 7) is 7.31. The predicted molar refractivity (Wildman–Crippen MR) is 80.9 cm³/mol. The second-order valence-corrected chi connectivity index (χ2v) is 6.53. The first-order valence-corrected chi connectivity index (χ1v) is 7.71. The Morgan fingerprint density at radius 3 is 2.58 bits per heavy atom. The highest BCUT2D eigenvalue weighted by Crippen LogP contribution is 2.27. The Labute approximate surface area is 121 Å². The number of aromatic nitrogens is 2. The van der Waals surface area contributed by atoms with Crippen molar-refractivity contribution < 1.29 is 0 Å². The second-order valence-electron chi connectivity index (χ2n) is 5.91. The highest BCUT2D eigenvalue weighted by Gasteiger charge is 2.19. The third-order valence-corrected chi connectivity index (χ3v) is 4.23. The van der Waals surface area contributed by atoms with Gasteiger partial charge in [0.25, 0.3) is 0 Å². The number of anilines is 1. The highest BCUT2D eigenvalue weighted by molar-refractivity contribution is 6.20. The molecule has 4 heteroatoms. The van der Waals surface area contributed by atoms with Crippen molar-refractivity contribution in [2.75, 3.05) is 11.9 Å². The third kappa shape index (κ3) is 4.34. The fourth-order valence-corrected chi connectivity index (χ4v) is 2.78. The van der Waals surface area contributed by atoms with Crippen molar-refractivity contribution in [3.8, 4) is 0 Å². The van der Waals surface area contributed by atoms with Gasteiger partial charge in [-0.3, -0.25) is 0 Å². The van der Waals surface area contributed by atoms with Crippen LogP contribution in [0.15, 0.2) is 6.07 Å². The van der Waals surface area contributed by atoms with Crippen molar-refractivity contribution in [3.63, 3.8) is 0 Å². The first-order chi connectivity index (χ1) is 9.04. The van der Waals surface area contributed by atoms with Gasteiger partial charge >= 0.3 is 0 Å². The molecule has 1 aliphatic rings. The molecule has 0 unspecified atom stereocenters. The zero-order chi connectivity index (χ0) is 13.8. The minimum atomic E-state index is 0.388. The smallest absolute Gasteiger partial charge is 0.223 e. The van der Waals surface area contributed by atoms with Gasteiger partial charge in [0.05, 0.1) is 0 Å². The first-order valence-electron chi connectivity index (χ1n) is 7.28. The van der Waals surface area contributed by atoms with Crippen molar-refractivity contribution in [1.82, 2.24) is 9.97 Å². The van der Waals surface area contributed by atoms with E-state index < -0.39 is 0 Å². The van der Waals surface area contributed by atoms with Crippen molar-refractivity contribution in [1.29, 1.82) is 0 Å². The summed E-state index contributed by atoms with van der Waals surface area (Å²) in [5.74, 6) is 1.92. The molecule has 1 fully saturated rings. The lowest BCUT2D eigenvalue weighted by molar-refractivity contribution is 0.377. The Kier molecular flexibility index (Phi) is 5.03. The number of nitrogens with one attached hydrogen (secondary N) is 1. The quantitative estimate of drug-likeness (QED) is 0.844. The van der Waals surface area contributed by atoms with E-state index in [2.05, 4.69) is 35.2 Å². The number of hydrogen-bond acceptors (Lipinski definition) is 3.